The number of rotatable bonds is 47. The molecule has 58 heavy (non-hydrogen) atoms. The first-order chi connectivity index (χ1) is 28.4. The van der Waals surface area contributed by atoms with Crippen LogP contribution in [0.4, 0.5) is 0 Å². The van der Waals surface area contributed by atoms with Crippen molar-refractivity contribution in [1.82, 2.24) is 0 Å². The molecule has 0 saturated heterocycles. The van der Waals surface area contributed by atoms with Gasteiger partial charge in [-0.15, -0.1) is 0 Å². The normalized spacial score (nSPS) is 12.4. The standard InChI is InChI=1S/C52H100O6/c1-5-8-10-12-14-16-18-19-20-21-22-23-25-27-33-37-41-45-52(55)58-49(46-56-50(53)43-39-35-31-26-24-17-15-13-11-9-6-2)47-57-51(54)44-40-36-32-29-28-30-34-38-42-48(4)7-3/h48-49H,5-47H2,1-4H3/t48?,49-/m1/s1. The summed E-state index contributed by atoms with van der Waals surface area (Å²) in [5.41, 5.74) is 0. The summed E-state index contributed by atoms with van der Waals surface area (Å²) in [5, 5.41) is 0. The van der Waals surface area contributed by atoms with Crippen LogP contribution in [0.15, 0.2) is 0 Å². The molecular weight excluding hydrogens is 721 g/mol. The van der Waals surface area contributed by atoms with Crippen molar-refractivity contribution in [3.63, 3.8) is 0 Å². The summed E-state index contributed by atoms with van der Waals surface area (Å²) in [7, 11) is 0. The van der Waals surface area contributed by atoms with Crippen LogP contribution >= 0.6 is 0 Å². The fourth-order valence-corrected chi connectivity index (χ4v) is 7.83. The van der Waals surface area contributed by atoms with Crippen LogP contribution in [0.2, 0.25) is 0 Å². The third kappa shape index (κ3) is 44.0. The van der Waals surface area contributed by atoms with Crippen molar-refractivity contribution < 1.29 is 28.6 Å². The first kappa shape index (κ1) is 56.4. The van der Waals surface area contributed by atoms with Gasteiger partial charge in [0, 0.05) is 19.3 Å². The average molecular weight is 821 g/mol. The monoisotopic (exact) mass is 821 g/mol. The van der Waals surface area contributed by atoms with E-state index in [0.29, 0.717) is 19.3 Å². The second-order valence-electron chi connectivity index (χ2n) is 18.1. The lowest BCUT2D eigenvalue weighted by molar-refractivity contribution is -0.167. The third-order valence-electron chi connectivity index (χ3n) is 12.2. The van der Waals surface area contributed by atoms with E-state index in [1.165, 1.54) is 186 Å². The van der Waals surface area contributed by atoms with E-state index in [2.05, 4.69) is 27.7 Å². The van der Waals surface area contributed by atoms with E-state index in [9.17, 15) is 14.4 Å². The molecule has 0 aliphatic rings. The van der Waals surface area contributed by atoms with Crippen molar-refractivity contribution in [3.8, 4) is 0 Å². The Bertz CT molecular complexity index is 874. The molecular formula is C52H100O6. The van der Waals surface area contributed by atoms with E-state index in [4.69, 9.17) is 14.2 Å². The van der Waals surface area contributed by atoms with Gasteiger partial charge in [-0.25, -0.2) is 0 Å². The van der Waals surface area contributed by atoms with Crippen molar-refractivity contribution in [1.29, 1.82) is 0 Å². The zero-order valence-corrected chi connectivity index (χ0v) is 39.5. The van der Waals surface area contributed by atoms with E-state index in [1.807, 2.05) is 0 Å². The van der Waals surface area contributed by atoms with Crippen LogP contribution in [0.1, 0.15) is 291 Å². The molecule has 0 bridgehead atoms. The minimum atomic E-state index is -0.760. The zero-order valence-electron chi connectivity index (χ0n) is 39.5. The Labute approximate surface area is 361 Å². The predicted octanol–water partition coefficient (Wildman–Crippen LogP) is 16.7. The molecule has 0 saturated carbocycles. The van der Waals surface area contributed by atoms with Crippen molar-refractivity contribution >= 4 is 17.9 Å². The average Bonchev–Trinajstić information content (AvgIpc) is 3.22. The van der Waals surface area contributed by atoms with E-state index >= 15 is 0 Å². The number of ether oxygens (including phenoxy) is 3. The van der Waals surface area contributed by atoms with Gasteiger partial charge in [-0.05, 0) is 25.2 Å². The molecule has 6 nitrogen and oxygen atoms in total. The molecule has 0 N–H and O–H groups in total. The van der Waals surface area contributed by atoms with Gasteiger partial charge in [-0.1, -0.05) is 252 Å². The SMILES string of the molecule is CCCCCCCCCCCCCCCCCCCC(=O)O[C@H](COC(=O)CCCCCCCCCCCCC)COC(=O)CCCCCCCCCCC(C)CC. The van der Waals surface area contributed by atoms with Crippen LogP contribution in [0, 0.1) is 5.92 Å². The Balaban J connectivity index is 4.29. The second kappa shape index (κ2) is 46.5. The number of carbonyl (C=O) groups excluding carboxylic acids is 3. The molecule has 0 amide bonds. The second-order valence-corrected chi connectivity index (χ2v) is 18.1. The zero-order chi connectivity index (χ0) is 42.4. The molecule has 0 aliphatic carbocycles. The lowest BCUT2D eigenvalue weighted by Crippen LogP contribution is -2.30. The van der Waals surface area contributed by atoms with Gasteiger partial charge in [-0.2, -0.15) is 0 Å². The van der Waals surface area contributed by atoms with Crippen LogP contribution in [-0.4, -0.2) is 37.2 Å². The molecule has 0 aromatic rings. The summed E-state index contributed by atoms with van der Waals surface area (Å²) in [6, 6.07) is 0. The van der Waals surface area contributed by atoms with Gasteiger partial charge in [0.25, 0.3) is 0 Å². The van der Waals surface area contributed by atoms with Crippen molar-refractivity contribution in [3.05, 3.63) is 0 Å². The molecule has 0 heterocycles. The number of carbonyl (C=O) groups is 3. The first-order valence-corrected chi connectivity index (χ1v) is 25.9. The van der Waals surface area contributed by atoms with Crippen molar-refractivity contribution in [2.45, 2.75) is 297 Å². The van der Waals surface area contributed by atoms with Crippen LogP contribution in [0.5, 0.6) is 0 Å². The summed E-state index contributed by atoms with van der Waals surface area (Å²) in [6.07, 6.45) is 48.0. The summed E-state index contributed by atoms with van der Waals surface area (Å²) >= 11 is 0. The van der Waals surface area contributed by atoms with Crippen molar-refractivity contribution in [2.24, 2.45) is 5.92 Å². The highest BCUT2D eigenvalue weighted by atomic mass is 16.6. The van der Waals surface area contributed by atoms with Gasteiger partial charge < -0.3 is 14.2 Å². The van der Waals surface area contributed by atoms with E-state index in [0.717, 1.165) is 63.7 Å². The largest absolute Gasteiger partial charge is 0.462 e. The van der Waals surface area contributed by atoms with Gasteiger partial charge in [0.05, 0.1) is 0 Å². The Hall–Kier alpha value is -1.59. The topological polar surface area (TPSA) is 78.9 Å². The quantitative estimate of drug-likeness (QED) is 0.0346. The fourth-order valence-electron chi connectivity index (χ4n) is 7.83. The molecule has 0 radical (unpaired) electrons. The number of esters is 3. The van der Waals surface area contributed by atoms with Gasteiger partial charge in [0.1, 0.15) is 13.2 Å². The van der Waals surface area contributed by atoms with Gasteiger partial charge in [0.2, 0.25) is 0 Å². The molecule has 0 aliphatic heterocycles. The first-order valence-electron chi connectivity index (χ1n) is 25.9. The highest BCUT2D eigenvalue weighted by molar-refractivity contribution is 5.71. The van der Waals surface area contributed by atoms with E-state index < -0.39 is 6.10 Å². The minimum absolute atomic E-state index is 0.0632. The molecule has 1 unspecified atom stereocenters. The Morgan fingerprint density at radius 2 is 0.603 bits per heavy atom. The summed E-state index contributed by atoms with van der Waals surface area (Å²) in [6.45, 7) is 9.02. The molecule has 2 atom stereocenters. The van der Waals surface area contributed by atoms with Gasteiger partial charge >= 0.3 is 17.9 Å². The predicted molar refractivity (Wildman–Crippen MR) is 247 cm³/mol. The summed E-state index contributed by atoms with van der Waals surface area (Å²) < 4.78 is 16.8. The molecule has 0 aromatic heterocycles. The molecule has 0 fully saturated rings. The van der Waals surface area contributed by atoms with E-state index in [1.54, 1.807) is 0 Å². The minimum Gasteiger partial charge on any atom is -0.462 e. The van der Waals surface area contributed by atoms with Crippen LogP contribution in [0.25, 0.3) is 0 Å². The maximum atomic E-state index is 12.8. The molecule has 0 rings (SSSR count). The summed E-state index contributed by atoms with van der Waals surface area (Å²) in [4.78, 5) is 37.9. The Morgan fingerprint density at radius 3 is 0.897 bits per heavy atom. The van der Waals surface area contributed by atoms with Crippen LogP contribution in [-0.2, 0) is 28.6 Å². The van der Waals surface area contributed by atoms with Crippen LogP contribution in [0.3, 0.4) is 0 Å². The van der Waals surface area contributed by atoms with Gasteiger partial charge in [0.15, 0.2) is 6.10 Å². The van der Waals surface area contributed by atoms with Gasteiger partial charge in [-0.3, -0.25) is 14.4 Å². The highest BCUT2D eigenvalue weighted by Crippen LogP contribution is 2.17. The molecule has 6 heteroatoms. The lowest BCUT2D eigenvalue weighted by Gasteiger charge is -2.18. The smallest absolute Gasteiger partial charge is 0.306 e. The molecule has 344 valence electrons. The highest BCUT2D eigenvalue weighted by Gasteiger charge is 2.19. The maximum Gasteiger partial charge on any atom is 0.306 e. The van der Waals surface area contributed by atoms with Crippen molar-refractivity contribution in [2.75, 3.05) is 13.2 Å². The number of hydrogen-bond acceptors (Lipinski definition) is 6. The summed E-state index contributed by atoms with van der Waals surface area (Å²) in [5.74, 6) is 0.00131. The maximum absolute atomic E-state index is 12.8. The van der Waals surface area contributed by atoms with Crippen LogP contribution < -0.4 is 0 Å². The Morgan fingerprint density at radius 1 is 0.345 bits per heavy atom. The third-order valence-corrected chi connectivity index (χ3v) is 12.2. The lowest BCUT2D eigenvalue weighted by atomic mass is 9.99. The molecule has 0 spiro atoms. The van der Waals surface area contributed by atoms with E-state index in [-0.39, 0.29) is 31.1 Å². The fraction of sp³-hybridized carbons (Fsp3) is 0.942. The Kier molecular flexibility index (Phi) is 45.2. The number of unbranched alkanes of at least 4 members (excludes halogenated alkanes) is 33. The number of hydrogen-bond donors (Lipinski definition) is 0. The molecule has 0 aromatic carbocycles.